The van der Waals surface area contributed by atoms with Crippen molar-refractivity contribution in [2.24, 2.45) is 5.92 Å². The van der Waals surface area contributed by atoms with Crippen molar-refractivity contribution in [1.29, 1.82) is 0 Å². The van der Waals surface area contributed by atoms with Crippen LogP contribution in [0.15, 0.2) is 0 Å². The van der Waals surface area contributed by atoms with Gasteiger partial charge in [-0.2, -0.15) is 0 Å². The second-order valence-corrected chi connectivity index (χ2v) is 4.20. The topological polar surface area (TPSA) is 66.4 Å². The van der Waals surface area contributed by atoms with Crippen molar-refractivity contribution >= 4 is 11.9 Å². The molecule has 0 aliphatic carbocycles. The van der Waals surface area contributed by atoms with Crippen LogP contribution < -0.4 is 5.32 Å². The van der Waals surface area contributed by atoms with Crippen LogP contribution in [0.1, 0.15) is 52.9 Å². The van der Waals surface area contributed by atoms with E-state index in [0.717, 1.165) is 25.7 Å². The van der Waals surface area contributed by atoms with Crippen LogP contribution in [0.4, 0.5) is 0 Å². The fourth-order valence-corrected chi connectivity index (χ4v) is 1.36. The molecule has 4 heteroatoms. The standard InChI is InChI=1S/C12H23NO3/c1-4-6-7-8-10(12(15)16)13-11(14)9(3)5-2/h9-10H,4-8H2,1-3H3,(H,13,14)(H,15,16). The maximum absolute atomic E-state index is 11.5. The third-order valence-electron chi connectivity index (χ3n) is 2.77. The minimum atomic E-state index is -0.937. The van der Waals surface area contributed by atoms with Crippen molar-refractivity contribution in [2.45, 2.75) is 58.9 Å². The third-order valence-corrected chi connectivity index (χ3v) is 2.77. The number of carboxylic acid groups (broad SMARTS) is 1. The van der Waals surface area contributed by atoms with E-state index >= 15 is 0 Å². The molecular formula is C12H23NO3. The molecule has 2 N–H and O–H groups in total. The quantitative estimate of drug-likeness (QED) is 0.627. The number of hydrogen-bond acceptors (Lipinski definition) is 2. The van der Waals surface area contributed by atoms with E-state index in [1.54, 1.807) is 6.92 Å². The first kappa shape index (κ1) is 14.9. The first-order chi connectivity index (χ1) is 7.52. The average Bonchev–Trinajstić information content (AvgIpc) is 2.26. The Balaban J connectivity index is 4.12. The Bertz CT molecular complexity index is 228. The zero-order valence-corrected chi connectivity index (χ0v) is 10.5. The minimum Gasteiger partial charge on any atom is -0.480 e. The number of nitrogens with one attached hydrogen (secondary N) is 1. The van der Waals surface area contributed by atoms with Gasteiger partial charge in [0.15, 0.2) is 0 Å². The lowest BCUT2D eigenvalue weighted by Gasteiger charge is -2.16. The van der Waals surface area contributed by atoms with Crippen LogP contribution in [0, 0.1) is 5.92 Å². The number of rotatable bonds is 8. The Morgan fingerprint density at radius 1 is 1.25 bits per heavy atom. The highest BCUT2D eigenvalue weighted by Gasteiger charge is 2.21. The minimum absolute atomic E-state index is 0.118. The second kappa shape index (κ2) is 8.13. The molecule has 0 aromatic carbocycles. The van der Waals surface area contributed by atoms with Gasteiger partial charge in [-0.3, -0.25) is 4.79 Å². The van der Waals surface area contributed by atoms with Gasteiger partial charge in [0.25, 0.3) is 0 Å². The van der Waals surface area contributed by atoms with Crippen molar-refractivity contribution in [2.75, 3.05) is 0 Å². The molecule has 0 fully saturated rings. The van der Waals surface area contributed by atoms with Gasteiger partial charge in [-0.05, 0) is 12.8 Å². The summed E-state index contributed by atoms with van der Waals surface area (Å²) in [6.45, 7) is 5.78. The maximum Gasteiger partial charge on any atom is 0.326 e. The van der Waals surface area contributed by atoms with Crippen LogP contribution in [-0.2, 0) is 9.59 Å². The normalized spacial score (nSPS) is 14.2. The molecule has 0 saturated carbocycles. The van der Waals surface area contributed by atoms with Crippen LogP contribution in [0.3, 0.4) is 0 Å². The summed E-state index contributed by atoms with van der Waals surface area (Å²) in [6.07, 6.45) is 4.14. The van der Waals surface area contributed by atoms with Crippen molar-refractivity contribution in [1.82, 2.24) is 5.32 Å². The Hall–Kier alpha value is -1.06. The first-order valence-electron chi connectivity index (χ1n) is 6.06. The summed E-state index contributed by atoms with van der Waals surface area (Å²) in [5, 5.41) is 11.5. The Kier molecular flexibility index (Phi) is 7.60. The second-order valence-electron chi connectivity index (χ2n) is 4.20. The summed E-state index contributed by atoms with van der Waals surface area (Å²) in [6, 6.07) is -0.729. The van der Waals surface area contributed by atoms with E-state index in [2.05, 4.69) is 12.2 Å². The van der Waals surface area contributed by atoms with Crippen molar-refractivity contribution in [3.8, 4) is 0 Å². The molecule has 1 amide bonds. The van der Waals surface area contributed by atoms with Gasteiger partial charge in [0.2, 0.25) is 5.91 Å². The zero-order chi connectivity index (χ0) is 12.6. The van der Waals surface area contributed by atoms with Gasteiger partial charge in [0, 0.05) is 5.92 Å². The number of carboxylic acids is 1. The molecule has 4 nitrogen and oxygen atoms in total. The number of hydrogen-bond donors (Lipinski definition) is 2. The molecule has 94 valence electrons. The van der Waals surface area contributed by atoms with Gasteiger partial charge in [0.1, 0.15) is 6.04 Å². The fraction of sp³-hybridized carbons (Fsp3) is 0.833. The molecule has 0 aromatic rings. The summed E-state index contributed by atoms with van der Waals surface area (Å²) in [4.78, 5) is 22.5. The molecular weight excluding hydrogens is 206 g/mol. The lowest BCUT2D eigenvalue weighted by atomic mass is 10.1. The van der Waals surface area contributed by atoms with E-state index in [0.29, 0.717) is 6.42 Å². The summed E-state index contributed by atoms with van der Waals surface area (Å²) >= 11 is 0. The summed E-state index contributed by atoms with van der Waals surface area (Å²) in [5.74, 6) is -1.22. The number of aliphatic carboxylic acids is 1. The van der Waals surface area contributed by atoms with Gasteiger partial charge < -0.3 is 10.4 Å². The third kappa shape index (κ3) is 5.73. The highest BCUT2D eigenvalue weighted by atomic mass is 16.4. The van der Waals surface area contributed by atoms with E-state index in [1.807, 2.05) is 6.92 Å². The summed E-state index contributed by atoms with van der Waals surface area (Å²) in [7, 11) is 0. The van der Waals surface area contributed by atoms with E-state index in [9.17, 15) is 9.59 Å². The Morgan fingerprint density at radius 2 is 1.88 bits per heavy atom. The lowest BCUT2D eigenvalue weighted by Crippen LogP contribution is -2.43. The maximum atomic E-state index is 11.5. The molecule has 0 saturated heterocycles. The monoisotopic (exact) mass is 229 g/mol. The number of amides is 1. The van der Waals surface area contributed by atoms with Crippen LogP contribution in [0.2, 0.25) is 0 Å². The molecule has 16 heavy (non-hydrogen) atoms. The van der Waals surface area contributed by atoms with E-state index in [-0.39, 0.29) is 11.8 Å². The fourth-order valence-electron chi connectivity index (χ4n) is 1.36. The van der Waals surface area contributed by atoms with Gasteiger partial charge in [-0.25, -0.2) is 4.79 Å². The van der Waals surface area contributed by atoms with Gasteiger partial charge in [-0.15, -0.1) is 0 Å². The van der Waals surface area contributed by atoms with Gasteiger partial charge in [-0.1, -0.05) is 40.0 Å². The van der Waals surface area contributed by atoms with Crippen molar-refractivity contribution in [3.05, 3.63) is 0 Å². The molecule has 0 rings (SSSR count). The Labute approximate surface area is 97.4 Å². The SMILES string of the molecule is CCCCCC(NC(=O)C(C)CC)C(=O)O. The highest BCUT2D eigenvalue weighted by molar-refractivity contribution is 5.84. The molecule has 0 radical (unpaired) electrons. The first-order valence-corrected chi connectivity index (χ1v) is 6.06. The molecule has 0 spiro atoms. The van der Waals surface area contributed by atoms with E-state index < -0.39 is 12.0 Å². The summed E-state index contributed by atoms with van der Waals surface area (Å²) < 4.78 is 0. The van der Waals surface area contributed by atoms with Crippen LogP contribution in [0.5, 0.6) is 0 Å². The van der Waals surface area contributed by atoms with E-state index in [1.165, 1.54) is 0 Å². The number of carbonyl (C=O) groups is 2. The predicted molar refractivity (Wildman–Crippen MR) is 63.2 cm³/mol. The largest absolute Gasteiger partial charge is 0.480 e. The van der Waals surface area contributed by atoms with E-state index in [4.69, 9.17) is 5.11 Å². The number of carbonyl (C=O) groups excluding carboxylic acids is 1. The van der Waals surface area contributed by atoms with Crippen molar-refractivity contribution in [3.63, 3.8) is 0 Å². The average molecular weight is 229 g/mol. The van der Waals surface area contributed by atoms with Crippen LogP contribution in [0.25, 0.3) is 0 Å². The lowest BCUT2D eigenvalue weighted by molar-refractivity contribution is -0.142. The molecule has 2 atom stereocenters. The molecule has 0 aliphatic rings. The molecule has 0 bridgehead atoms. The highest BCUT2D eigenvalue weighted by Crippen LogP contribution is 2.06. The molecule has 0 heterocycles. The van der Waals surface area contributed by atoms with Crippen molar-refractivity contribution < 1.29 is 14.7 Å². The van der Waals surface area contributed by atoms with Gasteiger partial charge >= 0.3 is 5.97 Å². The molecule has 0 aliphatic heterocycles. The number of unbranched alkanes of at least 4 members (excludes halogenated alkanes) is 2. The van der Waals surface area contributed by atoms with Crippen LogP contribution in [-0.4, -0.2) is 23.0 Å². The molecule has 2 unspecified atom stereocenters. The summed E-state index contributed by atoms with van der Waals surface area (Å²) in [5.41, 5.74) is 0. The predicted octanol–water partition coefficient (Wildman–Crippen LogP) is 2.18. The Morgan fingerprint density at radius 3 is 2.31 bits per heavy atom. The molecule has 0 aromatic heterocycles. The smallest absolute Gasteiger partial charge is 0.326 e. The van der Waals surface area contributed by atoms with Crippen LogP contribution >= 0.6 is 0 Å². The van der Waals surface area contributed by atoms with Gasteiger partial charge in [0.05, 0.1) is 0 Å². The zero-order valence-electron chi connectivity index (χ0n) is 10.5.